The van der Waals surface area contributed by atoms with Crippen molar-refractivity contribution >= 4 is 5.91 Å². The summed E-state index contributed by atoms with van der Waals surface area (Å²) in [6.07, 6.45) is -0.0107. The first kappa shape index (κ1) is 13.5. The predicted molar refractivity (Wildman–Crippen MR) is 67.7 cm³/mol. The van der Waals surface area contributed by atoms with E-state index in [1.807, 2.05) is 32.9 Å². The Hall–Kier alpha value is -1.55. The zero-order valence-corrected chi connectivity index (χ0v) is 10.6. The van der Waals surface area contributed by atoms with Crippen molar-refractivity contribution in [3.05, 3.63) is 28.8 Å². The summed E-state index contributed by atoms with van der Waals surface area (Å²) in [7, 11) is 0. The van der Waals surface area contributed by atoms with Gasteiger partial charge in [0.15, 0.2) is 6.10 Å². The average Bonchev–Trinajstić information content (AvgIpc) is 2.27. The second-order valence-corrected chi connectivity index (χ2v) is 4.18. The van der Waals surface area contributed by atoms with E-state index in [2.05, 4.69) is 0 Å². The van der Waals surface area contributed by atoms with Crippen LogP contribution in [0.25, 0.3) is 0 Å². The van der Waals surface area contributed by atoms with E-state index in [0.717, 1.165) is 22.4 Å². The summed E-state index contributed by atoms with van der Waals surface area (Å²) in [5, 5.41) is 0. The Bertz CT molecular complexity index is 393. The lowest BCUT2D eigenvalue weighted by Gasteiger charge is -2.18. The van der Waals surface area contributed by atoms with Crippen LogP contribution in [0.5, 0.6) is 5.75 Å². The van der Waals surface area contributed by atoms with Crippen LogP contribution in [0.1, 0.15) is 30.0 Å². The Morgan fingerprint density at radius 3 is 2.24 bits per heavy atom. The van der Waals surface area contributed by atoms with E-state index in [9.17, 15) is 4.79 Å². The number of hydrogen-bond donors (Lipinski definition) is 2. The molecule has 4 heteroatoms. The number of rotatable bonds is 5. The molecule has 1 aromatic rings. The molecular formula is C13H20N2O2. The largest absolute Gasteiger partial charge is 0.480 e. The van der Waals surface area contributed by atoms with Crippen LogP contribution in [0.3, 0.4) is 0 Å². The normalized spacial score (nSPS) is 12.2. The third-order valence-corrected chi connectivity index (χ3v) is 2.70. The number of hydrogen-bond acceptors (Lipinski definition) is 3. The molecule has 1 aromatic carbocycles. The van der Waals surface area contributed by atoms with Gasteiger partial charge in [0.25, 0.3) is 5.91 Å². The molecule has 0 aromatic heterocycles. The summed E-state index contributed by atoms with van der Waals surface area (Å²) in [6, 6.07) is 3.94. The molecule has 1 atom stereocenters. The summed E-state index contributed by atoms with van der Waals surface area (Å²) < 4.78 is 5.67. The molecule has 0 aliphatic rings. The molecule has 94 valence electrons. The van der Waals surface area contributed by atoms with Crippen LogP contribution >= 0.6 is 0 Å². The molecule has 0 aliphatic heterocycles. The van der Waals surface area contributed by atoms with E-state index < -0.39 is 12.0 Å². The number of aryl methyl sites for hydroxylation is 2. The lowest BCUT2D eigenvalue weighted by atomic mass is 10.1. The van der Waals surface area contributed by atoms with Crippen molar-refractivity contribution in [1.29, 1.82) is 0 Å². The zero-order valence-electron chi connectivity index (χ0n) is 10.6. The van der Waals surface area contributed by atoms with Crippen LogP contribution in [0.4, 0.5) is 0 Å². The van der Waals surface area contributed by atoms with Gasteiger partial charge in [-0.25, -0.2) is 0 Å². The highest BCUT2D eigenvalue weighted by atomic mass is 16.5. The van der Waals surface area contributed by atoms with Crippen molar-refractivity contribution in [2.45, 2.75) is 39.8 Å². The molecule has 17 heavy (non-hydrogen) atoms. The summed E-state index contributed by atoms with van der Waals surface area (Å²) >= 11 is 0. The molecule has 0 bridgehead atoms. The van der Waals surface area contributed by atoms with Crippen molar-refractivity contribution in [3.63, 3.8) is 0 Å². The first-order valence-corrected chi connectivity index (χ1v) is 5.75. The Morgan fingerprint density at radius 2 is 1.88 bits per heavy atom. The van der Waals surface area contributed by atoms with E-state index in [1.165, 1.54) is 0 Å². The first-order valence-electron chi connectivity index (χ1n) is 5.75. The standard InChI is InChI=1S/C13H20N2O2/c1-4-11(13(15)16)17-12-8(2)5-10(7-14)6-9(12)3/h5-6,11H,4,7,14H2,1-3H3,(H2,15,16). The smallest absolute Gasteiger partial charge is 0.258 e. The third-order valence-electron chi connectivity index (χ3n) is 2.70. The highest BCUT2D eigenvalue weighted by Crippen LogP contribution is 2.26. The average molecular weight is 236 g/mol. The molecule has 1 unspecified atom stereocenters. The van der Waals surface area contributed by atoms with E-state index in [4.69, 9.17) is 16.2 Å². The first-order chi connectivity index (χ1) is 7.99. The van der Waals surface area contributed by atoms with Crippen LogP contribution in [0.2, 0.25) is 0 Å². The van der Waals surface area contributed by atoms with Crippen LogP contribution in [-0.4, -0.2) is 12.0 Å². The van der Waals surface area contributed by atoms with Gasteiger partial charge in [0, 0.05) is 6.54 Å². The zero-order chi connectivity index (χ0) is 13.0. The van der Waals surface area contributed by atoms with Crippen molar-refractivity contribution in [2.24, 2.45) is 11.5 Å². The van der Waals surface area contributed by atoms with Gasteiger partial charge < -0.3 is 16.2 Å². The molecule has 4 nitrogen and oxygen atoms in total. The molecule has 1 amide bonds. The molecule has 0 saturated heterocycles. The van der Waals surface area contributed by atoms with E-state index in [1.54, 1.807) is 0 Å². The Morgan fingerprint density at radius 1 is 1.35 bits per heavy atom. The fourth-order valence-corrected chi connectivity index (χ4v) is 1.83. The molecular weight excluding hydrogens is 216 g/mol. The van der Waals surface area contributed by atoms with E-state index >= 15 is 0 Å². The second kappa shape index (κ2) is 5.68. The third kappa shape index (κ3) is 3.20. The number of carbonyl (C=O) groups excluding carboxylic acids is 1. The summed E-state index contributed by atoms with van der Waals surface area (Å²) in [5.41, 5.74) is 13.9. The number of benzene rings is 1. The maximum Gasteiger partial charge on any atom is 0.258 e. The summed E-state index contributed by atoms with van der Waals surface area (Å²) in [6.45, 7) is 6.24. The minimum atomic E-state index is -0.573. The number of primary amides is 1. The quantitative estimate of drug-likeness (QED) is 0.811. The monoisotopic (exact) mass is 236 g/mol. The fraction of sp³-hybridized carbons (Fsp3) is 0.462. The molecule has 1 rings (SSSR count). The van der Waals surface area contributed by atoms with Crippen molar-refractivity contribution in [3.8, 4) is 5.75 Å². The van der Waals surface area contributed by atoms with Crippen LogP contribution in [-0.2, 0) is 11.3 Å². The Labute approximate surface area is 102 Å². The van der Waals surface area contributed by atoms with Crippen LogP contribution in [0, 0.1) is 13.8 Å². The van der Waals surface area contributed by atoms with Gasteiger partial charge in [0.1, 0.15) is 5.75 Å². The van der Waals surface area contributed by atoms with Gasteiger partial charge in [-0.3, -0.25) is 4.79 Å². The Balaban J connectivity index is 3.02. The number of carbonyl (C=O) groups is 1. The maximum atomic E-state index is 11.2. The lowest BCUT2D eigenvalue weighted by Crippen LogP contribution is -2.33. The van der Waals surface area contributed by atoms with Gasteiger partial charge in [-0.1, -0.05) is 19.1 Å². The summed E-state index contributed by atoms with van der Waals surface area (Å²) in [5.74, 6) is 0.294. The molecule has 0 heterocycles. The van der Waals surface area contributed by atoms with Gasteiger partial charge in [-0.15, -0.1) is 0 Å². The van der Waals surface area contributed by atoms with Crippen LogP contribution < -0.4 is 16.2 Å². The van der Waals surface area contributed by atoms with Crippen molar-refractivity contribution in [2.75, 3.05) is 0 Å². The molecule has 0 saturated carbocycles. The molecule has 0 fully saturated rings. The minimum Gasteiger partial charge on any atom is -0.480 e. The second-order valence-electron chi connectivity index (χ2n) is 4.18. The molecule has 0 spiro atoms. The van der Waals surface area contributed by atoms with E-state index in [-0.39, 0.29) is 0 Å². The van der Waals surface area contributed by atoms with Gasteiger partial charge in [0.2, 0.25) is 0 Å². The summed E-state index contributed by atoms with van der Waals surface area (Å²) in [4.78, 5) is 11.2. The number of amides is 1. The number of nitrogens with two attached hydrogens (primary N) is 2. The van der Waals surface area contributed by atoms with E-state index in [0.29, 0.717) is 13.0 Å². The van der Waals surface area contributed by atoms with Gasteiger partial charge in [-0.2, -0.15) is 0 Å². The van der Waals surface area contributed by atoms with Gasteiger partial charge in [-0.05, 0) is 37.0 Å². The minimum absolute atomic E-state index is 0.436. The SMILES string of the molecule is CCC(Oc1c(C)cc(CN)cc1C)C(N)=O. The maximum absolute atomic E-state index is 11.2. The topological polar surface area (TPSA) is 78.3 Å². The Kier molecular flexibility index (Phi) is 4.52. The predicted octanol–water partition coefficient (Wildman–Crippen LogP) is 1.40. The highest BCUT2D eigenvalue weighted by molar-refractivity contribution is 5.79. The molecule has 0 aliphatic carbocycles. The van der Waals surface area contributed by atoms with Gasteiger partial charge >= 0.3 is 0 Å². The fourth-order valence-electron chi connectivity index (χ4n) is 1.83. The molecule has 0 radical (unpaired) electrons. The number of ether oxygens (including phenoxy) is 1. The highest BCUT2D eigenvalue weighted by Gasteiger charge is 2.17. The van der Waals surface area contributed by atoms with Gasteiger partial charge in [0.05, 0.1) is 0 Å². The van der Waals surface area contributed by atoms with Crippen molar-refractivity contribution < 1.29 is 9.53 Å². The van der Waals surface area contributed by atoms with Crippen LogP contribution in [0.15, 0.2) is 12.1 Å². The molecule has 4 N–H and O–H groups in total. The van der Waals surface area contributed by atoms with Crippen molar-refractivity contribution in [1.82, 2.24) is 0 Å². The lowest BCUT2D eigenvalue weighted by molar-refractivity contribution is -0.124.